The van der Waals surface area contributed by atoms with Crippen LogP contribution in [0.4, 0.5) is 4.39 Å². The summed E-state index contributed by atoms with van der Waals surface area (Å²) in [5.74, 6) is 1.01. The lowest BCUT2D eigenvalue weighted by molar-refractivity contribution is 0.218. The number of benzene rings is 2. The van der Waals surface area contributed by atoms with E-state index in [1.807, 2.05) is 0 Å². The summed E-state index contributed by atoms with van der Waals surface area (Å²) in [6.45, 7) is 0. The molecule has 21 heavy (non-hydrogen) atoms. The normalized spacial score (nSPS) is 11.9. The first-order valence-corrected chi connectivity index (χ1v) is 6.34. The summed E-state index contributed by atoms with van der Waals surface area (Å²) >= 11 is 0. The number of ether oxygens (including phenoxy) is 3. The molecule has 2 aromatic rings. The standard InChI is InChI=1S/C16H17FO4/c1-19-13-8-11(9-14(20-2)16(13)21-3)15(18)10-4-6-12(17)7-5-10/h4-9,15,18H,1-3H3. The van der Waals surface area contributed by atoms with Gasteiger partial charge in [-0.15, -0.1) is 0 Å². The minimum atomic E-state index is -0.917. The van der Waals surface area contributed by atoms with Crippen molar-refractivity contribution in [3.05, 3.63) is 53.3 Å². The number of hydrogen-bond acceptors (Lipinski definition) is 4. The van der Waals surface area contributed by atoms with Crippen molar-refractivity contribution < 1.29 is 23.7 Å². The van der Waals surface area contributed by atoms with Crippen LogP contribution in [0.5, 0.6) is 17.2 Å². The highest BCUT2D eigenvalue weighted by Crippen LogP contribution is 2.40. The highest BCUT2D eigenvalue weighted by atomic mass is 19.1. The van der Waals surface area contributed by atoms with Crippen molar-refractivity contribution in [3.8, 4) is 17.2 Å². The van der Waals surface area contributed by atoms with E-state index in [9.17, 15) is 9.50 Å². The first-order chi connectivity index (χ1) is 10.1. The van der Waals surface area contributed by atoms with Gasteiger partial charge in [0.25, 0.3) is 0 Å². The maximum absolute atomic E-state index is 13.0. The van der Waals surface area contributed by atoms with Crippen LogP contribution in [-0.4, -0.2) is 26.4 Å². The molecule has 0 bridgehead atoms. The number of aliphatic hydroxyl groups excluding tert-OH is 1. The van der Waals surface area contributed by atoms with Crippen molar-refractivity contribution in [1.29, 1.82) is 0 Å². The zero-order valence-corrected chi connectivity index (χ0v) is 12.1. The lowest BCUT2D eigenvalue weighted by Crippen LogP contribution is -2.03. The number of hydrogen-bond donors (Lipinski definition) is 1. The molecule has 0 aliphatic heterocycles. The highest BCUT2D eigenvalue weighted by Gasteiger charge is 2.18. The van der Waals surface area contributed by atoms with E-state index in [0.29, 0.717) is 28.4 Å². The van der Waals surface area contributed by atoms with Crippen molar-refractivity contribution >= 4 is 0 Å². The van der Waals surface area contributed by atoms with Gasteiger partial charge in [-0.05, 0) is 35.4 Å². The van der Waals surface area contributed by atoms with Crippen LogP contribution in [0.2, 0.25) is 0 Å². The van der Waals surface area contributed by atoms with Crippen LogP contribution in [0.15, 0.2) is 36.4 Å². The van der Waals surface area contributed by atoms with Gasteiger partial charge in [-0.1, -0.05) is 12.1 Å². The van der Waals surface area contributed by atoms with E-state index in [1.54, 1.807) is 12.1 Å². The second-order valence-electron chi connectivity index (χ2n) is 4.41. The van der Waals surface area contributed by atoms with Crippen LogP contribution in [0.25, 0.3) is 0 Å². The summed E-state index contributed by atoms with van der Waals surface area (Å²) < 4.78 is 28.7. The van der Waals surface area contributed by atoms with Crippen molar-refractivity contribution in [2.45, 2.75) is 6.10 Å². The topological polar surface area (TPSA) is 47.9 Å². The van der Waals surface area contributed by atoms with Gasteiger partial charge in [0.15, 0.2) is 11.5 Å². The predicted octanol–water partition coefficient (Wildman–Crippen LogP) is 2.93. The van der Waals surface area contributed by atoms with E-state index in [0.717, 1.165) is 0 Å². The summed E-state index contributed by atoms with van der Waals surface area (Å²) in [6.07, 6.45) is -0.917. The Morgan fingerprint density at radius 1 is 0.857 bits per heavy atom. The third-order valence-electron chi connectivity index (χ3n) is 3.19. The molecule has 0 saturated carbocycles. The van der Waals surface area contributed by atoms with Gasteiger partial charge in [-0.3, -0.25) is 0 Å². The molecule has 0 spiro atoms. The number of methoxy groups -OCH3 is 3. The molecular weight excluding hydrogens is 275 g/mol. The Kier molecular flexibility index (Phi) is 4.65. The second kappa shape index (κ2) is 6.45. The van der Waals surface area contributed by atoms with Gasteiger partial charge in [0.1, 0.15) is 11.9 Å². The molecular formula is C16H17FO4. The van der Waals surface area contributed by atoms with Gasteiger partial charge in [-0.25, -0.2) is 4.39 Å². The molecule has 112 valence electrons. The summed E-state index contributed by atoms with van der Waals surface area (Å²) in [4.78, 5) is 0. The van der Waals surface area contributed by atoms with Gasteiger partial charge in [0.05, 0.1) is 21.3 Å². The average Bonchev–Trinajstić information content (AvgIpc) is 2.53. The van der Waals surface area contributed by atoms with Gasteiger partial charge in [0, 0.05) is 0 Å². The fourth-order valence-electron chi connectivity index (χ4n) is 2.10. The first kappa shape index (κ1) is 15.1. The molecule has 0 aromatic heterocycles. The third kappa shape index (κ3) is 3.08. The van der Waals surface area contributed by atoms with Crippen LogP contribution < -0.4 is 14.2 Å². The van der Waals surface area contributed by atoms with Crippen LogP contribution >= 0.6 is 0 Å². The monoisotopic (exact) mass is 292 g/mol. The minimum absolute atomic E-state index is 0.351. The Balaban J connectivity index is 2.45. The van der Waals surface area contributed by atoms with E-state index in [-0.39, 0.29) is 5.82 Å². The quantitative estimate of drug-likeness (QED) is 0.920. The number of rotatable bonds is 5. The summed E-state index contributed by atoms with van der Waals surface area (Å²) in [7, 11) is 4.52. The smallest absolute Gasteiger partial charge is 0.203 e. The minimum Gasteiger partial charge on any atom is -0.493 e. The molecule has 0 heterocycles. The predicted molar refractivity (Wildman–Crippen MR) is 76.6 cm³/mol. The molecule has 2 aromatic carbocycles. The van der Waals surface area contributed by atoms with Crippen molar-refractivity contribution in [2.24, 2.45) is 0 Å². The van der Waals surface area contributed by atoms with Gasteiger partial charge in [-0.2, -0.15) is 0 Å². The molecule has 0 fully saturated rings. The zero-order valence-electron chi connectivity index (χ0n) is 12.1. The summed E-state index contributed by atoms with van der Waals surface area (Å²) in [5, 5.41) is 10.4. The molecule has 0 saturated heterocycles. The fraction of sp³-hybridized carbons (Fsp3) is 0.250. The lowest BCUT2D eigenvalue weighted by atomic mass is 10.0. The van der Waals surface area contributed by atoms with Gasteiger partial charge >= 0.3 is 0 Å². The van der Waals surface area contributed by atoms with E-state index in [4.69, 9.17) is 14.2 Å². The van der Waals surface area contributed by atoms with Crippen LogP contribution in [0, 0.1) is 5.82 Å². The Morgan fingerprint density at radius 3 is 1.81 bits per heavy atom. The average molecular weight is 292 g/mol. The Morgan fingerprint density at radius 2 is 1.38 bits per heavy atom. The Labute approximate surface area is 122 Å². The van der Waals surface area contributed by atoms with Gasteiger partial charge < -0.3 is 19.3 Å². The van der Waals surface area contributed by atoms with Gasteiger partial charge in [0.2, 0.25) is 5.75 Å². The molecule has 5 heteroatoms. The largest absolute Gasteiger partial charge is 0.493 e. The molecule has 0 radical (unpaired) electrons. The van der Waals surface area contributed by atoms with E-state index in [1.165, 1.54) is 45.6 Å². The molecule has 2 rings (SSSR count). The molecule has 1 atom stereocenters. The number of halogens is 1. The summed E-state index contributed by atoms with van der Waals surface area (Å²) in [5.41, 5.74) is 1.14. The van der Waals surface area contributed by atoms with Crippen molar-refractivity contribution in [2.75, 3.05) is 21.3 Å². The third-order valence-corrected chi connectivity index (χ3v) is 3.19. The molecule has 1 N–H and O–H groups in total. The highest BCUT2D eigenvalue weighted by molar-refractivity contribution is 5.55. The fourth-order valence-corrected chi connectivity index (χ4v) is 2.10. The van der Waals surface area contributed by atoms with E-state index in [2.05, 4.69) is 0 Å². The molecule has 4 nitrogen and oxygen atoms in total. The maximum Gasteiger partial charge on any atom is 0.203 e. The van der Waals surface area contributed by atoms with Crippen LogP contribution in [-0.2, 0) is 0 Å². The summed E-state index contributed by atoms with van der Waals surface area (Å²) in [6, 6.07) is 8.99. The van der Waals surface area contributed by atoms with E-state index < -0.39 is 6.10 Å². The lowest BCUT2D eigenvalue weighted by Gasteiger charge is -2.17. The zero-order chi connectivity index (χ0) is 15.4. The molecule has 0 amide bonds. The van der Waals surface area contributed by atoms with E-state index >= 15 is 0 Å². The Hall–Kier alpha value is -2.27. The van der Waals surface area contributed by atoms with Crippen molar-refractivity contribution in [3.63, 3.8) is 0 Å². The van der Waals surface area contributed by atoms with Crippen LogP contribution in [0.1, 0.15) is 17.2 Å². The molecule has 1 unspecified atom stereocenters. The SMILES string of the molecule is COc1cc(C(O)c2ccc(F)cc2)cc(OC)c1OC. The first-order valence-electron chi connectivity index (χ1n) is 6.34. The van der Waals surface area contributed by atoms with Crippen molar-refractivity contribution in [1.82, 2.24) is 0 Å². The number of aliphatic hydroxyl groups is 1. The Bertz CT molecular complexity index is 585. The molecule has 0 aliphatic rings. The molecule has 0 aliphatic carbocycles. The maximum atomic E-state index is 13.0. The second-order valence-corrected chi connectivity index (χ2v) is 4.41. The van der Waals surface area contributed by atoms with Crippen LogP contribution in [0.3, 0.4) is 0 Å².